The summed E-state index contributed by atoms with van der Waals surface area (Å²) in [7, 11) is 0. The zero-order valence-corrected chi connectivity index (χ0v) is 40.0. The Bertz CT molecular complexity index is 1730. The van der Waals surface area contributed by atoms with E-state index in [-0.39, 0.29) is 0 Å². The molecule has 0 radical (unpaired) electrons. The molecule has 5 rings (SSSR count). The van der Waals surface area contributed by atoms with Gasteiger partial charge in [0.1, 0.15) is 16.9 Å². The van der Waals surface area contributed by atoms with Gasteiger partial charge in [-0.15, -0.1) is 11.3 Å². The number of hydrogen-bond donors (Lipinski definition) is 2. The first-order valence-electron chi connectivity index (χ1n) is 23.7. The van der Waals surface area contributed by atoms with Gasteiger partial charge < -0.3 is 67.9 Å². The quantitative estimate of drug-likeness (QED) is 0.0696. The Kier molecular flexibility index (Phi) is 24.3. The summed E-state index contributed by atoms with van der Waals surface area (Å²) in [6.45, 7) is 21.9. The first-order chi connectivity index (χ1) is 31.2. The van der Waals surface area contributed by atoms with Crippen molar-refractivity contribution in [1.29, 1.82) is 0 Å². The number of hydrogen-bond acceptors (Lipinski definition) is 16. The smallest absolute Gasteiger partial charge is 0.407 e. The Balaban J connectivity index is 0.803. The highest BCUT2D eigenvalue weighted by molar-refractivity contribution is 7.20. The fourth-order valence-corrected chi connectivity index (χ4v) is 9.00. The highest BCUT2D eigenvalue weighted by Crippen LogP contribution is 2.40. The summed E-state index contributed by atoms with van der Waals surface area (Å²) in [6.07, 6.45) is 7.20. The van der Waals surface area contributed by atoms with Crippen molar-refractivity contribution in [2.75, 3.05) is 151 Å². The van der Waals surface area contributed by atoms with Gasteiger partial charge in [0.2, 0.25) is 0 Å². The van der Waals surface area contributed by atoms with E-state index in [4.69, 9.17) is 63.1 Å². The van der Waals surface area contributed by atoms with E-state index >= 15 is 0 Å². The van der Waals surface area contributed by atoms with Crippen LogP contribution in [0.5, 0.6) is 0 Å². The minimum Gasteiger partial charge on any atom is -0.444 e. The van der Waals surface area contributed by atoms with E-state index in [1.54, 1.807) is 0 Å². The van der Waals surface area contributed by atoms with Crippen molar-refractivity contribution in [3.8, 4) is 0 Å². The third-order valence-corrected chi connectivity index (χ3v) is 12.4. The fourth-order valence-electron chi connectivity index (χ4n) is 7.67. The van der Waals surface area contributed by atoms with E-state index in [9.17, 15) is 4.79 Å². The third kappa shape index (κ3) is 19.2. The van der Waals surface area contributed by atoms with E-state index in [0.29, 0.717) is 130 Å². The largest absolute Gasteiger partial charge is 0.444 e. The molecule has 64 heavy (non-hydrogen) atoms. The molecule has 0 atom stereocenters. The van der Waals surface area contributed by atoms with Crippen LogP contribution < -0.4 is 11.1 Å². The van der Waals surface area contributed by atoms with Gasteiger partial charge in [-0.3, -0.25) is 0 Å². The Morgan fingerprint density at radius 3 is 1.84 bits per heavy atom. The minimum atomic E-state index is -0.514. The van der Waals surface area contributed by atoms with Crippen molar-refractivity contribution in [2.24, 2.45) is 5.92 Å². The topological polar surface area (TPSA) is 181 Å². The number of alkyl carbamates (subject to hydrolysis) is 1. The monoisotopic (exact) mass is 923 g/mol. The second-order valence-corrected chi connectivity index (χ2v) is 18.4. The normalized spacial score (nSPS) is 15.8. The van der Waals surface area contributed by atoms with E-state index in [1.807, 2.05) is 32.1 Å². The molecule has 17 nitrogen and oxygen atoms in total. The van der Waals surface area contributed by atoms with Crippen molar-refractivity contribution in [2.45, 2.75) is 90.7 Å². The SMILES string of the molecule is CCCCc1nc2c(N)nc3cc(C4CCOCC4)sc3c2n1CC1CCN(CCOCCOCCOCCOCCOCCOCCOCCOCCNC(=O)OC(C)(C)C)CC1. The lowest BCUT2D eigenvalue weighted by Gasteiger charge is -2.32. The summed E-state index contributed by atoms with van der Waals surface area (Å²) in [5.74, 6) is 2.82. The van der Waals surface area contributed by atoms with Gasteiger partial charge in [0, 0.05) is 44.1 Å². The summed E-state index contributed by atoms with van der Waals surface area (Å²) in [5.41, 5.74) is 9.14. The van der Waals surface area contributed by atoms with Crippen LogP contribution >= 0.6 is 11.3 Å². The first kappa shape index (κ1) is 52.2. The summed E-state index contributed by atoms with van der Waals surface area (Å²) >= 11 is 1.89. The van der Waals surface area contributed by atoms with E-state index in [0.717, 1.165) is 101 Å². The van der Waals surface area contributed by atoms with Crippen LogP contribution in [0.3, 0.4) is 0 Å². The number of nitrogens with zero attached hydrogens (tertiary/aromatic N) is 4. The molecule has 364 valence electrons. The number of imidazole rings is 1. The maximum Gasteiger partial charge on any atom is 0.407 e. The first-order valence-corrected chi connectivity index (χ1v) is 24.5. The molecule has 0 spiro atoms. The van der Waals surface area contributed by atoms with Crippen molar-refractivity contribution in [3.05, 3.63) is 16.8 Å². The molecule has 0 aromatic carbocycles. The zero-order valence-electron chi connectivity index (χ0n) is 39.2. The molecular formula is C46H78N6O11S. The number of fused-ring (bicyclic) bond motifs is 3. The Morgan fingerprint density at radius 2 is 1.31 bits per heavy atom. The number of ether oxygens (including phenoxy) is 10. The number of nitrogens with one attached hydrogen (secondary N) is 1. The number of carbonyl (C=O) groups excluding carboxylic acids is 1. The molecule has 5 heterocycles. The molecule has 0 unspecified atom stereocenters. The number of amides is 1. The molecule has 2 aliphatic rings. The second-order valence-electron chi connectivity index (χ2n) is 17.3. The summed E-state index contributed by atoms with van der Waals surface area (Å²) < 4.78 is 59.2. The lowest BCUT2D eigenvalue weighted by molar-refractivity contribution is -0.0235. The fraction of sp³-hybridized carbons (Fsp3) is 0.804. The van der Waals surface area contributed by atoms with E-state index < -0.39 is 11.7 Å². The predicted octanol–water partition coefficient (Wildman–Crippen LogP) is 5.83. The number of unbranched alkanes of at least 4 members (excludes halogenated alkanes) is 1. The van der Waals surface area contributed by atoms with Gasteiger partial charge in [-0.05, 0) is 83.9 Å². The molecule has 0 saturated carbocycles. The number of anilines is 1. The molecule has 18 heteroatoms. The standard InChI is InChI=1S/C46H78N6O11S/c1-5-6-7-40-50-41-42(43-38(49-44(41)47)34-39(64-43)37-10-16-54-17-11-37)52(40)35-36-8-13-51(14-9-36)15-19-56-21-23-58-25-27-60-29-31-62-33-32-61-30-28-59-26-24-57-22-20-55-18-12-48-45(53)63-46(2,3)4/h34,36-37H,5-33,35H2,1-4H3,(H2,47,49)(H,48,53). The van der Waals surface area contributed by atoms with Crippen molar-refractivity contribution in [1.82, 2.24) is 24.8 Å². The molecule has 1 amide bonds. The van der Waals surface area contributed by atoms with Gasteiger partial charge in [0.15, 0.2) is 5.82 Å². The molecule has 0 aliphatic carbocycles. The van der Waals surface area contributed by atoms with Crippen molar-refractivity contribution < 1.29 is 52.2 Å². The summed E-state index contributed by atoms with van der Waals surface area (Å²) in [4.78, 5) is 25.4. The van der Waals surface area contributed by atoms with Crippen LogP contribution in [0.2, 0.25) is 0 Å². The maximum absolute atomic E-state index is 11.6. The average Bonchev–Trinajstić information content (AvgIpc) is 3.87. The van der Waals surface area contributed by atoms with Gasteiger partial charge in [0.25, 0.3) is 0 Å². The van der Waals surface area contributed by atoms with Crippen LogP contribution in [0.15, 0.2) is 6.07 Å². The number of aromatic nitrogens is 3. The number of pyridine rings is 1. The molecule has 2 aliphatic heterocycles. The predicted molar refractivity (Wildman–Crippen MR) is 249 cm³/mol. The van der Waals surface area contributed by atoms with Gasteiger partial charge in [-0.25, -0.2) is 14.8 Å². The minimum absolute atomic E-state index is 0.383. The van der Waals surface area contributed by atoms with Gasteiger partial charge in [-0.2, -0.15) is 0 Å². The van der Waals surface area contributed by atoms with E-state index in [2.05, 4.69) is 27.8 Å². The molecule has 3 N–H and O–H groups in total. The van der Waals surface area contributed by atoms with Crippen LogP contribution in [0, 0.1) is 5.92 Å². The van der Waals surface area contributed by atoms with Crippen LogP contribution in [-0.2, 0) is 60.3 Å². The molecule has 2 fully saturated rings. The van der Waals surface area contributed by atoms with Crippen molar-refractivity contribution >= 4 is 44.5 Å². The zero-order chi connectivity index (χ0) is 45.2. The van der Waals surface area contributed by atoms with Gasteiger partial charge in [-0.1, -0.05) is 13.3 Å². The van der Waals surface area contributed by atoms with Gasteiger partial charge in [0.05, 0.1) is 121 Å². The molecular weight excluding hydrogens is 845 g/mol. The Labute approximate surface area is 384 Å². The summed E-state index contributed by atoms with van der Waals surface area (Å²) in [6, 6.07) is 2.27. The number of rotatable bonds is 33. The number of likely N-dealkylation sites (tertiary alicyclic amines) is 1. The molecule has 2 saturated heterocycles. The average molecular weight is 923 g/mol. The van der Waals surface area contributed by atoms with Crippen LogP contribution in [0.25, 0.3) is 21.3 Å². The van der Waals surface area contributed by atoms with E-state index in [1.165, 1.54) is 15.1 Å². The lowest BCUT2D eigenvalue weighted by atomic mass is 9.96. The van der Waals surface area contributed by atoms with Gasteiger partial charge >= 0.3 is 6.09 Å². The number of nitrogen functional groups attached to an aromatic ring is 1. The highest BCUT2D eigenvalue weighted by Gasteiger charge is 2.26. The number of aryl methyl sites for hydroxylation is 1. The molecule has 0 bridgehead atoms. The Morgan fingerprint density at radius 1 is 0.781 bits per heavy atom. The number of piperidine rings is 1. The van der Waals surface area contributed by atoms with Crippen LogP contribution in [-0.4, -0.2) is 176 Å². The molecule has 3 aromatic rings. The summed E-state index contributed by atoms with van der Waals surface area (Å²) in [5, 5.41) is 2.64. The third-order valence-electron chi connectivity index (χ3n) is 11.1. The number of carbonyl (C=O) groups is 1. The number of thiophene rings is 1. The highest BCUT2D eigenvalue weighted by atomic mass is 32.1. The van der Waals surface area contributed by atoms with Crippen LogP contribution in [0.1, 0.15) is 82.8 Å². The Hall–Kier alpha value is -2.75. The molecule has 3 aromatic heterocycles. The lowest BCUT2D eigenvalue weighted by Crippen LogP contribution is -2.37. The van der Waals surface area contributed by atoms with Crippen LogP contribution in [0.4, 0.5) is 10.6 Å². The number of nitrogens with two attached hydrogens (primary N) is 1. The second kappa shape index (κ2) is 29.8. The van der Waals surface area contributed by atoms with Crippen molar-refractivity contribution in [3.63, 3.8) is 0 Å². The maximum atomic E-state index is 11.6.